The second-order valence-electron chi connectivity index (χ2n) is 9.85. The number of hydrogen-bond acceptors (Lipinski definition) is 8. The van der Waals surface area contributed by atoms with Crippen molar-refractivity contribution in [3.63, 3.8) is 0 Å². The second kappa shape index (κ2) is 12.0. The number of aryl methyl sites for hydroxylation is 1. The van der Waals surface area contributed by atoms with Crippen molar-refractivity contribution in [1.29, 1.82) is 0 Å². The van der Waals surface area contributed by atoms with Gasteiger partial charge in [0.2, 0.25) is 11.2 Å². The van der Waals surface area contributed by atoms with Crippen LogP contribution in [0.4, 0.5) is 5.00 Å². The van der Waals surface area contributed by atoms with Gasteiger partial charge in [-0.2, -0.15) is 0 Å². The van der Waals surface area contributed by atoms with Crippen LogP contribution in [0.5, 0.6) is 17.2 Å². The lowest BCUT2D eigenvalue weighted by atomic mass is 9.95. The van der Waals surface area contributed by atoms with E-state index in [9.17, 15) is 14.4 Å². The molecule has 1 aliphatic rings. The van der Waals surface area contributed by atoms with Gasteiger partial charge in [0.05, 0.1) is 17.6 Å². The average molecular weight is 562 g/mol. The number of fused-ring (bicyclic) bond motifs is 2. The number of para-hydroxylation sites is 1. The molecule has 2 heterocycles. The minimum absolute atomic E-state index is 0.0877. The highest BCUT2D eigenvalue weighted by Gasteiger charge is 2.27. The zero-order chi connectivity index (χ0) is 28.2. The van der Waals surface area contributed by atoms with Crippen LogP contribution in [-0.2, 0) is 22.4 Å². The molecule has 208 valence electrons. The van der Waals surface area contributed by atoms with Crippen LogP contribution in [0, 0.1) is 0 Å². The Morgan fingerprint density at radius 1 is 1.07 bits per heavy atom. The molecule has 5 rings (SSSR count). The predicted octanol–water partition coefficient (Wildman–Crippen LogP) is 6.84. The van der Waals surface area contributed by atoms with Crippen LogP contribution < -0.4 is 20.2 Å². The highest BCUT2D eigenvalue weighted by molar-refractivity contribution is 7.17. The van der Waals surface area contributed by atoms with Gasteiger partial charge in [-0.15, -0.1) is 11.3 Å². The van der Waals surface area contributed by atoms with Crippen molar-refractivity contribution >= 4 is 39.2 Å². The number of amides is 1. The Kier molecular flexibility index (Phi) is 8.21. The normalized spacial score (nSPS) is 12.7. The minimum Gasteiger partial charge on any atom is -0.484 e. The topological polar surface area (TPSA) is 104 Å². The quantitative estimate of drug-likeness (QED) is 0.223. The molecular formula is C31H31NO7S. The van der Waals surface area contributed by atoms with E-state index in [-0.39, 0.29) is 30.3 Å². The molecule has 0 saturated heterocycles. The van der Waals surface area contributed by atoms with E-state index < -0.39 is 11.9 Å². The molecule has 1 amide bonds. The van der Waals surface area contributed by atoms with E-state index in [4.69, 9.17) is 18.6 Å². The summed E-state index contributed by atoms with van der Waals surface area (Å²) in [5.74, 6) is 0.456. The number of rotatable bonds is 9. The molecule has 1 N–H and O–H groups in total. The third kappa shape index (κ3) is 5.74. The van der Waals surface area contributed by atoms with Crippen LogP contribution >= 0.6 is 11.3 Å². The number of ether oxygens (including phenoxy) is 3. The Labute approximate surface area is 235 Å². The van der Waals surface area contributed by atoms with Crippen LogP contribution in [0.2, 0.25) is 0 Å². The Hall–Kier alpha value is -4.11. The lowest BCUT2D eigenvalue weighted by molar-refractivity contribution is -0.118. The fourth-order valence-corrected chi connectivity index (χ4v) is 6.10. The van der Waals surface area contributed by atoms with Crippen LogP contribution in [0.25, 0.3) is 11.0 Å². The predicted molar refractivity (Wildman–Crippen MR) is 154 cm³/mol. The van der Waals surface area contributed by atoms with E-state index in [0.717, 1.165) is 41.7 Å². The smallest absolute Gasteiger partial charge is 0.341 e. The summed E-state index contributed by atoms with van der Waals surface area (Å²) in [6.45, 7) is 5.85. The molecule has 0 saturated carbocycles. The van der Waals surface area contributed by atoms with Crippen molar-refractivity contribution in [2.45, 2.75) is 52.4 Å². The van der Waals surface area contributed by atoms with E-state index in [1.165, 1.54) is 17.6 Å². The maximum atomic E-state index is 13.1. The first-order valence-electron chi connectivity index (χ1n) is 13.4. The van der Waals surface area contributed by atoms with Gasteiger partial charge in [-0.3, -0.25) is 9.59 Å². The molecular weight excluding hydrogens is 530 g/mol. The summed E-state index contributed by atoms with van der Waals surface area (Å²) in [6.07, 6.45) is 5.03. The zero-order valence-electron chi connectivity index (χ0n) is 22.7. The maximum absolute atomic E-state index is 13.1. The first-order valence-corrected chi connectivity index (χ1v) is 14.2. The first kappa shape index (κ1) is 27.5. The highest BCUT2D eigenvalue weighted by atomic mass is 32.1. The summed E-state index contributed by atoms with van der Waals surface area (Å²) in [4.78, 5) is 39.6. The van der Waals surface area contributed by atoms with E-state index in [0.29, 0.717) is 33.0 Å². The highest BCUT2D eigenvalue weighted by Crippen LogP contribution is 2.38. The largest absolute Gasteiger partial charge is 0.484 e. The van der Waals surface area contributed by atoms with Crippen LogP contribution in [0.3, 0.4) is 0 Å². The molecule has 1 aliphatic carbocycles. The van der Waals surface area contributed by atoms with Crippen molar-refractivity contribution < 1.29 is 28.2 Å². The molecule has 0 fully saturated rings. The summed E-state index contributed by atoms with van der Waals surface area (Å²) in [5, 5.41) is 3.66. The van der Waals surface area contributed by atoms with Gasteiger partial charge in [0, 0.05) is 10.9 Å². The van der Waals surface area contributed by atoms with Crippen molar-refractivity contribution in [2.75, 3.05) is 18.5 Å². The van der Waals surface area contributed by atoms with Crippen molar-refractivity contribution in [1.82, 2.24) is 0 Å². The lowest BCUT2D eigenvalue weighted by Crippen LogP contribution is -2.21. The fourth-order valence-electron chi connectivity index (χ4n) is 4.80. The summed E-state index contributed by atoms with van der Waals surface area (Å²) >= 11 is 1.42. The van der Waals surface area contributed by atoms with Gasteiger partial charge in [-0.05, 0) is 67.9 Å². The molecule has 2 aromatic heterocycles. The molecule has 0 aliphatic heterocycles. The Bertz CT molecular complexity index is 1620. The monoisotopic (exact) mass is 561 g/mol. The van der Waals surface area contributed by atoms with Gasteiger partial charge in [-0.1, -0.05) is 32.0 Å². The maximum Gasteiger partial charge on any atom is 0.341 e. The van der Waals surface area contributed by atoms with Crippen molar-refractivity contribution in [3.8, 4) is 17.2 Å². The SMILES string of the molecule is CCOC(=O)c1c(NC(=O)COc2ccc3c(=O)c(Oc4ccccc4C(C)C)coc3c2)sc2c1CCCC2. The molecule has 0 spiro atoms. The van der Waals surface area contributed by atoms with E-state index in [1.54, 1.807) is 25.1 Å². The number of carbonyl (C=O) groups excluding carboxylic acids is 2. The molecule has 0 atom stereocenters. The number of thiophene rings is 1. The third-order valence-electron chi connectivity index (χ3n) is 6.75. The number of anilines is 1. The van der Waals surface area contributed by atoms with Crippen molar-refractivity contribution in [2.24, 2.45) is 0 Å². The number of benzene rings is 2. The summed E-state index contributed by atoms with van der Waals surface area (Å²) < 4.78 is 22.6. The molecule has 40 heavy (non-hydrogen) atoms. The van der Waals surface area contributed by atoms with E-state index >= 15 is 0 Å². The van der Waals surface area contributed by atoms with Crippen molar-refractivity contribution in [3.05, 3.63) is 80.5 Å². The van der Waals surface area contributed by atoms with Crippen LogP contribution in [-0.4, -0.2) is 25.1 Å². The molecule has 0 bridgehead atoms. The molecule has 2 aromatic carbocycles. The molecule has 0 unspecified atom stereocenters. The number of carbonyl (C=O) groups is 2. The van der Waals surface area contributed by atoms with Gasteiger partial charge in [-0.25, -0.2) is 4.79 Å². The number of nitrogens with one attached hydrogen (secondary N) is 1. The van der Waals surface area contributed by atoms with Gasteiger partial charge in [0.25, 0.3) is 5.91 Å². The van der Waals surface area contributed by atoms with Gasteiger partial charge < -0.3 is 23.9 Å². The Morgan fingerprint density at radius 2 is 1.88 bits per heavy atom. The standard InChI is InChI=1S/C31H31NO7S/c1-4-36-31(35)28-22-10-6-8-12-26(22)40-30(28)32-27(33)17-37-19-13-14-21-24(15-19)38-16-25(29(21)34)39-23-11-7-5-9-20(23)18(2)3/h5,7,9,11,13-16,18H,4,6,8,10,12,17H2,1-3H3,(H,32,33). The van der Waals surface area contributed by atoms with E-state index in [1.807, 2.05) is 24.3 Å². The second-order valence-corrected chi connectivity index (χ2v) is 11.0. The van der Waals surface area contributed by atoms with Gasteiger partial charge >= 0.3 is 5.97 Å². The Morgan fingerprint density at radius 3 is 2.67 bits per heavy atom. The van der Waals surface area contributed by atoms with Gasteiger partial charge in [0.15, 0.2) is 6.61 Å². The molecule has 4 aromatic rings. The average Bonchev–Trinajstić information content (AvgIpc) is 3.31. The summed E-state index contributed by atoms with van der Waals surface area (Å²) in [5.41, 5.74) is 2.42. The zero-order valence-corrected chi connectivity index (χ0v) is 23.5. The van der Waals surface area contributed by atoms with Crippen LogP contribution in [0.15, 0.2) is 57.9 Å². The third-order valence-corrected chi connectivity index (χ3v) is 7.96. The lowest BCUT2D eigenvalue weighted by Gasteiger charge is -2.13. The van der Waals surface area contributed by atoms with Crippen LogP contribution in [0.1, 0.15) is 65.9 Å². The first-order chi connectivity index (χ1) is 19.4. The molecule has 9 heteroatoms. The fraction of sp³-hybridized carbons (Fsp3) is 0.323. The Balaban J connectivity index is 1.29. The van der Waals surface area contributed by atoms with Gasteiger partial charge in [0.1, 0.15) is 28.3 Å². The summed E-state index contributed by atoms with van der Waals surface area (Å²) in [6, 6.07) is 12.3. The number of esters is 1. The van der Waals surface area contributed by atoms with E-state index in [2.05, 4.69) is 19.2 Å². The minimum atomic E-state index is -0.418. The summed E-state index contributed by atoms with van der Waals surface area (Å²) in [7, 11) is 0. The molecule has 8 nitrogen and oxygen atoms in total. The molecule has 0 radical (unpaired) electrons. The number of hydrogen-bond donors (Lipinski definition) is 1.